The van der Waals surface area contributed by atoms with Crippen molar-refractivity contribution in [1.29, 1.82) is 0 Å². The lowest BCUT2D eigenvalue weighted by atomic mass is 10.1. The van der Waals surface area contributed by atoms with Gasteiger partial charge in [-0.25, -0.2) is 0 Å². The average Bonchev–Trinajstić information content (AvgIpc) is 3.00. The third kappa shape index (κ3) is 3.05. The van der Waals surface area contributed by atoms with E-state index in [-0.39, 0.29) is 5.91 Å². The molecule has 22 heavy (non-hydrogen) atoms. The van der Waals surface area contributed by atoms with E-state index in [2.05, 4.69) is 22.9 Å². The van der Waals surface area contributed by atoms with Crippen LogP contribution in [0.1, 0.15) is 33.9 Å². The van der Waals surface area contributed by atoms with Gasteiger partial charge in [-0.1, -0.05) is 6.07 Å². The number of rotatable bonds is 3. The summed E-state index contributed by atoms with van der Waals surface area (Å²) in [5.41, 5.74) is 2.18. The Morgan fingerprint density at radius 1 is 1.23 bits per heavy atom. The Labute approximate surface area is 135 Å². The number of hydrogen-bond acceptors (Lipinski definition) is 4. The molecular weight excluding hydrogens is 294 g/mol. The number of nitrogens with zero attached hydrogens (tertiary/aromatic N) is 3. The second kappa shape index (κ2) is 6.58. The molecule has 4 nitrogen and oxygen atoms in total. The minimum atomic E-state index is 0.178. The van der Waals surface area contributed by atoms with Gasteiger partial charge >= 0.3 is 0 Å². The summed E-state index contributed by atoms with van der Waals surface area (Å²) < 4.78 is 0. The fourth-order valence-electron chi connectivity index (χ4n) is 2.86. The van der Waals surface area contributed by atoms with Gasteiger partial charge in [0.25, 0.3) is 5.91 Å². The van der Waals surface area contributed by atoms with Gasteiger partial charge in [-0.05, 0) is 43.0 Å². The van der Waals surface area contributed by atoms with Crippen LogP contribution in [0.4, 0.5) is 0 Å². The monoisotopic (exact) mass is 315 g/mol. The molecule has 0 aliphatic carbocycles. The number of aromatic nitrogens is 1. The van der Waals surface area contributed by atoms with E-state index in [0.717, 1.165) is 42.3 Å². The summed E-state index contributed by atoms with van der Waals surface area (Å²) >= 11 is 1.54. The zero-order valence-electron chi connectivity index (χ0n) is 13.0. The molecule has 0 unspecified atom stereocenters. The van der Waals surface area contributed by atoms with Crippen molar-refractivity contribution in [3.8, 4) is 0 Å². The van der Waals surface area contributed by atoms with Crippen molar-refractivity contribution in [3.05, 3.63) is 52.0 Å². The third-order valence-corrected chi connectivity index (χ3v) is 5.33. The molecule has 1 atom stereocenters. The lowest BCUT2D eigenvalue weighted by Crippen LogP contribution is -2.49. The Balaban J connectivity index is 1.61. The van der Waals surface area contributed by atoms with Gasteiger partial charge in [0.05, 0.1) is 10.6 Å². The molecule has 0 saturated carbocycles. The lowest BCUT2D eigenvalue weighted by molar-refractivity contribution is 0.0583. The molecule has 1 fully saturated rings. The molecule has 3 heterocycles. The number of amides is 1. The molecule has 0 aromatic carbocycles. The van der Waals surface area contributed by atoms with Crippen molar-refractivity contribution < 1.29 is 4.79 Å². The van der Waals surface area contributed by atoms with E-state index in [4.69, 9.17) is 0 Å². The highest BCUT2D eigenvalue weighted by Crippen LogP contribution is 2.22. The topological polar surface area (TPSA) is 36.4 Å². The molecule has 0 spiro atoms. The van der Waals surface area contributed by atoms with Crippen LogP contribution < -0.4 is 0 Å². The van der Waals surface area contributed by atoms with Gasteiger partial charge in [-0.2, -0.15) is 0 Å². The Kier molecular flexibility index (Phi) is 4.55. The predicted octanol–water partition coefficient (Wildman–Crippen LogP) is 2.97. The molecule has 2 aromatic heterocycles. The van der Waals surface area contributed by atoms with Crippen molar-refractivity contribution >= 4 is 17.2 Å². The molecule has 5 heteroatoms. The maximum absolute atomic E-state index is 12.5. The van der Waals surface area contributed by atoms with E-state index in [1.165, 1.54) is 0 Å². The van der Waals surface area contributed by atoms with Gasteiger partial charge in [0.15, 0.2) is 0 Å². The molecule has 2 aromatic rings. The molecule has 0 N–H and O–H groups in total. The van der Waals surface area contributed by atoms with Crippen molar-refractivity contribution in [2.45, 2.75) is 19.9 Å². The molecule has 3 rings (SSSR count). The van der Waals surface area contributed by atoms with Crippen molar-refractivity contribution in [1.82, 2.24) is 14.8 Å². The van der Waals surface area contributed by atoms with Crippen molar-refractivity contribution in [3.63, 3.8) is 0 Å². The second-order valence-corrected chi connectivity index (χ2v) is 6.61. The number of piperazine rings is 1. The van der Waals surface area contributed by atoms with Crippen LogP contribution in [-0.2, 0) is 0 Å². The van der Waals surface area contributed by atoms with E-state index in [0.29, 0.717) is 6.04 Å². The van der Waals surface area contributed by atoms with E-state index < -0.39 is 0 Å². The summed E-state index contributed by atoms with van der Waals surface area (Å²) in [7, 11) is 0. The molecule has 1 amide bonds. The molecular formula is C17H21N3OS. The Morgan fingerprint density at radius 3 is 2.59 bits per heavy atom. The summed E-state index contributed by atoms with van der Waals surface area (Å²) in [5.74, 6) is 0.178. The van der Waals surface area contributed by atoms with Crippen molar-refractivity contribution in [2.75, 3.05) is 26.2 Å². The minimum absolute atomic E-state index is 0.178. The van der Waals surface area contributed by atoms with Gasteiger partial charge in [-0.3, -0.25) is 14.7 Å². The quantitative estimate of drug-likeness (QED) is 0.874. The van der Waals surface area contributed by atoms with Crippen LogP contribution in [0.3, 0.4) is 0 Å². The fraction of sp³-hybridized carbons (Fsp3) is 0.412. The van der Waals surface area contributed by atoms with Crippen LogP contribution in [0.15, 0.2) is 35.8 Å². The molecule has 1 aliphatic rings. The van der Waals surface area contributed by atoms with E-state index in [1.807, 2.05) is 41.6 Å². The van der Waals surface area contributed by atoms with Gasteiger partial charge in [0, 0.05) is 38.4 Å². The first-order chi connectivity index (χ1) is 10.7. The van der Waals surface area contributed by atoms with Gasteiger partial charge in [-0.15, -0.1) is 11.3 Å². The molecule has 1 aliphatic heterocycles. The normalized spacial score (nSPS) is 17.5. The SMILES string of the molecule is Cc1ccsc1C(=O)N1CCN([C@H](C)c2ccccn2)CC1. The first-order valence-electron chi connectivity index (χ1n) is 7.65. The van der Waals surface area contributed by atoms with Crippen LogP contribution in [0.2, 0.25) is 0 Å². The van der Waals surface area contributed by atoms with Crippen LogP contribution >= 0.6 is 11.3 Å². The number of thiophene rings is 1. The lowest BCUT2D eigenvalue weighted by Gasteiger charge is -2.37. The third-order valence-electron chi connectivity index (χ3n) is 4.32. The van der Waals surface area contributed by atoms with Crippen LogP contribution in [0, 0.1) is 6.92 Å². The highest BCUT2D eigenvalue weighted by Gasteiger charge is 2.26. The Morgan fingerprint density at radius 2 is 2.00 bits per heavy atom. The number of hydrogen-bond donors (Lipinski definition) is 0. The maximum atomic E-state index is 12.5. The van der Waals surface area contributed by atoms with Crippen molar-refractivity contribution in [2.24, 2.45) is 0 Å². The Hall–Kier alpha value is -1.72. The Bertz CT molecular complexity index is 632. The standard InChI is InChI=1S/C17H21N3OS/c1-13-6-12-22-16(13)17(21)20-10-8-19(9-11-20)14(2)15-5-3-4-7-18-15/h3-7,12,14H,8-11H2,1-2H3/t14-/m1/s1. The summed E-state index contributed by atoms with van der Waals surface area (Å²) in [6, 6.07) is 8.34. The fourth-order valence-corrected chi connectivity index (χ4v) is 3.75. The van der Waals surface area contributed by atoms with Crippen LogP contribution in [0.25, 0.3) is 0 Å². The zero-order valence-corrected chi connectivity index (χ0v) is 13.8. The number of pyridine rings is 1. The summed E-state index contributed by atoms with van der Waals surface area (Å²) in [4.78, 5) is 22.2. The van der Waals surface area contributed by atoms with E-state index in [1.54, 1.807) is 11.3 Å². The molecule has 0 radical (unpaired) electrons. The largest absolute Gasteiger partial charge is 0.335 e. The number of aryl methyl sites for hydroxylation is 1. The first-order valence-corrected chi connectivity index (χ1v) is 8.53. The van der Waals surface area contributed by atoms with Crippen LogP contribution in [-0.4, -0.2) is 46.9 Å². The van der Waals surface area contributed by atoms with E-state index >= 15 is 0 Å². The van der Waals surface area contributed by atoms with Gasteiger partial charge < -0.3 is 4.90 Å². The second-order valence-electron chi connectivity index (χ2n) is 5.69. The zero-order chi connectivity index (χ0) is 15.5. The van der Waals surface area contributed by atoms with Crippen LogP contribution in [0.5, 0.6) is 0 Å². The summed E-state index contributed by atoms with van der Waals surface area (Å²) in [6.07, 6.45) is 1.84. The predicted molar refractivity (Wildman–Crippen MR) is 89.2 cm³/mol. The number of carbonyl (C=O) groups is 1. The average molecular weight is 315 g/mol. The van der Waals surface area contributed by atoms with E-state index in [9.17, 15) is 4.79 Å². The van der Waals surface area contributed by atoms with Gasteiger partial charge in [0.1, 0.15) is 0 Å². The molecule has 116 valence electrons. The highest BCUT2D eigenvalue weighted by atomic mass is 32.1. The first kappa shape index (κ1) is 15.2. The van der Waals surface area contributed by atoms with Gasteiger partial charge in [0.2, 0.25) is 0 Å². The molecule has 1 saturated heterocycles. The minimum Gasteiger partial charge on any atom is -0.335 e. The number of carbonyl (C=O) groups excluding carboxylic acids is 1. The molecule has 0 bridgehead atoms. The maximum Gasteiger partial charge on any atom is 0.264 e. The highest BCUT2D eigenvalue weighted by molar-refractivity contribution is 7.12. The summed E-state index contributed by atoms with van der Waals surface area (Å²) in [5, 5.41) is 1.99. The summed E-state index contributed by atoms with van der Waals surface area (Å²) in [6.45, 7) is 7.55. The smallest absolute Gasteiger partial charge is 0.264 e.